The standard InChI is InChI=1S/C12H18N2O4S2/c1-8-7-19-11(12(15)16)10(8)13-20(17,18)14-6-4-3-5-9(14)2/h7,9,13H,3-6H2,1-2H3,(H,15,16). The van der Waals surface area contributed by atoms with Gasteiger partial charge in [-0.25, -0.2) is 4.79 Å². The number of carboxylic acid groups (broad SMARTS) is 1. The van der Waals surface area contributed by atoms with E-state index < -0.39 is 16.2 Å². The number of nitrogens with zero attached hydrogens (tertiary/aromatic N) is 1. The molecule has 1 aliphatic heterocycles. The first-order valence-electron chi connectivity index (χ1n) is 6.44. The van der Waals surface area contributed by atoms with E-state index in [4.69, 9.17) is 5.11 Å². The van der Waals surface area contributed by atoms with Gasteiger partial charge in [0, 0.05) is 12.6 Å². The van der Waals surface area contributed by atoms with Crippen LogP contribution in [0.25, 0.3) is 0 Å². The minimum absolute atomic E-state index is 0.0238. The Labute approximate surface area is 122 Å². The van der Waals surface area contributed by atoms with E-state index in [0.717, 1.165) is 30.6 Å². The van der Waals surface area contributed by atoms with Gasteiger partial charge in [-0.15, -0.1) is 11.3 Å². The second-order valence-electron chi connectivity index (χ2n) is 4.99. The summed E-state index contributed by atoms with van der Waals surface area (Å²) >= 11 is 1.03. The minimum Gasteiger partial charge on any atom is -0.477 e. The number of carboxylic acids is 1. The largest absolute Gasteiger partial charge is 0.477 e. The number of thiophene rings is 1. The zero-order chi connectivity index (χ0) is 14.9. The van der Waals surface area contributed by atoms with E-state index in [9.17, 15) is 13.2 Å². The van der Waals surface area contributed by atoms with E-state index in [1.807, 2.05) is 6.92 Å². The molecule has 1 aliphatic rings. The molecule has 1 aromatic heterocycles. The maximum atomic E-state index is 12.4. The zero-order valence-electron chi connectivity index (χ0n) is 11.4. The number of piperidine rings is 1. The Kier molecular flexibility index (Phi) is 4.36. The van der Waals surface area contributed by atoms with Crippen molar-refractivity contribution in [1.29, 1.82) is 0 Å². The SMILES string of the molecule is Cc1csc(C(=O)O)c1NS(=O)(=O)N1CCCCC1C. The molecule has 0 amide bonds. The molecule has 8 heteroatoms. The van der Waals surface area contributed by atoms with Crippen molar-refractivity contribution in [2.45, 2.75) is 39.2 Å². The lowest BCUT2D eigenvalue weighted by atomic mass is 10.1. The highest BCUT2D eigenvalue weighted by atomic mass is 32.2. The van der Waals surface area contributed by atoms with Crippen molar-refractivity contribution in [3.05, 3.63) is 15.8 Å². The predicted molar refractivity (Wildman–Crippen MR) is 78.6 cm³/mol. The normalized spacial score (nSPS) is 20.8. The maximum Gasteiger partial charge on any atom is 0.348 e. The molecule has 1 aromatic rings. The van der Waals surface area contributed by atoms with Crippen LogP contribution in [0.5, 0.6) is 0 Å². The summed E-state index contributed by atoms with van der Waals surface area (Å²) in [6.07, 6.45) is 2.68. The molecule has 1 saturated heterocycles. The molecule has 0 spiro atoms. The molecule has 6 nitrogen and oxygen atoms in total. The molecular weight excluding hydrogens is 300 g/mol. The average Bonchev–Trinajstić information content (AvgIpc) is 2.71. The van der Waals surface area contributed by atoms with Crippen LogP contribution in [0.1, 0.15) is 41.4 Å². The van der Waals surface area contributed by atoms with Crippen LogP contribution < -0.4 is 4.72 Å². The fourth-order valence-corrected chi connectivity index (χ4v) is 4.84. The second-order valence-corrected chi connectivity index (χ2v) is 7.49. The van der Waals surface area contributed by atoms with Crippen LogP contribution in [0, 0.1) is 6.92 Å². The first-order chi connectivity index (χ1) is 9.33. The van der Waals surface area contributed by atoms with E-state index in [1.54, 1.807) is 12.3 Å². The molecule has 2 heterocycles. The number of carbonyl (C=O) groups is 1. The Bertz CT molecular complexity index is 609. The van der Waals surface area contributed by atoms with Gasteiger partial charge in [0.05, 0.1) is 5.69 Å². The van der Waals surface area contributed by atoms with E-state index in [1.165, 1.54) is 4.31 Å². The van der Waals surface area contributed by atoms with Crippen molar-refractivity contribution in [3.8, 4) is 0 Å². The lowest BCUT2D eigenvalue weighted by Gasteiger charge is -2.32. The number of hydrogen-bond acceptors (Lipinski definition) is 4. The van der Waals surface area contributed by atoms with Gasteiger partial charge in [0.15, 0.2) is 0 Å². The summed E-state index contributed by atoms with van der Waals surface area (Å²) in [4.78, 5) is 11.1. The highest BCUT2D eigenvalue weighted by Crippen LogP contribution is 2.30. The van der Waals surface area contributed by atoms with Crippen molar-refractivity contribution >= 4 is 33.2 Å². The Hall–Kier alpha value is -1.12. The Morgan fingerprint density at radius 2 is 2.20 bits per heavy atom. The third-order valence-electron chi connectivity index (χ3n) is 3.45. The van der Waals surface area contributed by atoms with E-state index >= 15 is 0 Å². The minimum atomic E-state index is -3.71. The van der Waals surface area contributed by atoms with Crippen LogP contribution in [-0.2, 0) is 10.2 Å². The fraction of sp³-hybridized carbons (Fsp3) is 0.583. The predicted octanol–water partition coefficient (Wildman–Crippen LogP) is 2.29. The number of hydrogen-bond donors (Lipinski definition) is 2. The summed E-state index contributed by atoms with van der Waals surface area (Å²) in [5, 5.41) is 10.7. The second kappa shape index (κ2) is 5.71. The van der Waals surface area contributed by atoms with Gasteiger partial charge in [0.1, 0.15) is 4.88 Å². The van der Waals surface area contributed by atoms with Crippen molar-refractivity contribution in [1.82, 2.24) is 4.31 Å². The van der Waals surface area contributed by atoms with Crippen molar-refractivity contribution in [3.63, 3.8) is 0 Å². The number of rotatable bonds is 4. The summed E-state index contributed by atoms with van der Waals surface area (Å²) in [5.41, 5.74) is 0.806. The molecule has 0 bridgehead atoms. The third kappa shape index (κ3) is 2.97. The first kappa shape index (κ1) is 15.3. The number of anilines is 1. The molecule has 20 heavy (non-hydrogen) atoms. The van der Waals surface area contributed by atoms with Crippen LogP contribution >= 0.6 is 11.3 Å². The molecule has 0 saturated carbocycles. The van der Waals surface area contributed by atoms with E-state index in [-0.39, 0.29) is 16.6 Å². The van der Waals surface area contributed by atoms with Crippen LogP contribution in [0.4, 0.5) is 5.69 Å². The lowest BCUT2D eigenvalue weighted by molar-refractivity contribution is 0.0703. The third-order valence-corrected chi connectivity index (χ3v) is 6.16. The monoisotopic (exact) mass is 318 g/mol. The lowest BCUT2D eigenvalue weighted by Crippen LogP contribution is -2.45. The summed E-state index contributed by atoms with van der Waals surface area (Å²) in [6, 6.07) is -0.0616. The highest BCUT2D eigenvalue weighted by molar-refractivity contribution is 7.90. The van der Waals surface area contributed by atoms with Gasteiger partial charge in [0.25, 0.3) is 0 Å². The molecule has 0 aromatic carbocycles. The zero-order valence-corrected chi connectivity index (χ0v) is 13.1. The quantitative estimate of drug-likeness (QED) is 0.891. The van der Waals surface area contributed by atoms with Crippen molar-refractivity contribution < 1.29 is 18.3 Å². The Morgan fingerprint density at radius 3 is 2.80 bits per heavy atom. The fourth-order valence-electron chi connectivity index (χ4n) is 2.34. The molecule has 2 N–H and O–H groups in total. The summed E-state index contributed by atoms with van der Waals surface area (Å²) in [7, 11) is -3.71. The number of aryl methyl sites for hydroxylation is 1. The topological polar surface area (TPSA) is 86.7 Å². The molecule has 2 rings (SSSR count). The van der Waals surface area contributed by atoms with E-state index in [2.05, 4.69) is 4.72 Å². The van der Waals surface area contributed by atoms with Gasteiger partial charge < -0.3 is 5.11 Å². The summed E-state index contributed by atoms with van der Waals surface area (Å²) < 4.78 is 28.7. The van der Waals surface area contributed by atoms with E-state index in [0.29, 0.717) is 12.1 Å². The van der Waals surface area contributed by atoms with Crippen LogP contribution in [0.3, 0.4) is 0 Å². The molecular formula is C12H18N2O4S2. The molecule has 112 valence electrons. The van der Waals surface area contributed by atoms with Gasteiger partial charge in [-0.3, -0.25) is 4.72 Å². The van der Waals surface area contributed by atoms with Gasteiger partial charge in [0.2, 0.25) is 0 Å². The van der Waals surface area contributed by atoms with Crippen molar-refractivity contribution in [2.24, 2.45) is 0 Å². The molecule has 1 fully saturated rings. The Morgan fingerprint density at radius 1 is 1.50 bits per heavy atom. The molecule has 1 atom stereocenters. The van der Waals surface area contributed by atoms with Crippen LogP contribution in [0.15, 0.2) is 5.38 Å². The molecule has 0 radical (unpaired) electrons. The van der Waals surface area contributed by atoms with Gasteiger partial charge in [-0.1, -0.05) is 6.42 Å². The highest BCUT2D eigenvalue weighted by Gasteiger charge is 2.31. The first-order valence-corrected chi connectivity index (χ1v) is 8.76. The number of aromatic carboxylic acids is 1. The van der Waals surface area contributed by atoms with Gasteiger partial charge in [-0.05, 0) is 37.6 Å². The van der Waals surface area contributed by atoms with Crippen molar-refractivity contribution in [2.75, 3.05) is 11.3 Å². The Balaban J connectivity index is 2.28. The average molecular weight is 318 g/mol. The van der Waals surface area contributed by atoms with Crippen LogP contribution in [0.2, 0.25) is 0 Å². The summed E-state index contributed by atoms with van der Waals surface area (Å²) in [5.74, 6) is -1.12. The number of nitrogens with one attached hydrogen (secondary N) is 1. The molecule has 0 aliphatic carbocycles. The molecule has 1 unspecified atom stereocenters. The van der Waals surface area contributed by atoms with Gasteiger partial charge in [-0.2, -0.15) is 12.7 Å². The van der Waals surface area contributed by atoms with Crippen LogP contribution in [-0.4, -0.2) is 36.4 Å². The summed E-state index contributed by atoms with van der Waals surface area (Å²) in [6.45, 7) is 4.04. The maximum absolute atomic E-state index is 12.4. The smallest absolute Gasteiger partial charge is 0.348 e. The van der Waals surface area contributed by atoms with Gasteiger partial charge >= 0.3 is 16.2 Å².